The average Bonchev–Trinajstić information content (AvgIpc) is 3.12. The summed E-state index contributed by atoms with van der Waals surface area (Å²) in [5.41, 5.74) is 0.970. The van der Waals surface area contributed by atoms with Gasteiger partial charge in [-0.15, -0.1) is 9.08 Å². The van der Waals surface area contributed by atoms with Crippen LogP contribution < -0.4 is 15.6 Å². The van der Waals surface area contributed by atoms with Crippen molar-refractivity contribution < 1.29 is 23.7 Å². The molecule has 1 atom stereocenters. The highest BCUT2D eigenvalue weighted by Crippen LogP contribution is 2.30. The van der Waals surface area contributed by atoms with Crippen molar-refractivity contribution in [1.82, 2.24) is 14.5 Å². The van der Waals surface area contributed by atoms with Crippen LogP contribution in [0.4, 0.5) is 5.95 Å². The number of H-pyrrole nitrogens is 1. The second kappa shape index (κ2) is 8.05. The number of benzene rings is 1. The lowest BCUT2D eigenvalue weighted by Gasteiger charge is -2.23. The maximum atomic E-state index is 13.1. The van der Waals surface area contributed by atoms with Gasteiger partial charge < -0.3 is 9.47 Å². The van der Waals surface area contributed by atoms with Gasteiger partial charge in [-0.25, -0.2) is 29.8 Å². The predicted molar refractivity (Wildman–Crippen MR) is 110 cm³/mol. The molecule has 0 radical (unpaired) electrons. The number of carbonyl (C=O) groups excluding carboxylic acids is 2. The van der Waals surface area contributed by atoms with Crippen molar-refractivity contribution in [2.45, 2.75) is 26.8 Å². The Labute approximate surface area is 177 Å². The lowest BCUT2D eigenvalue weighted by Crippen LogP contribution is -2.50. The van der Waals surface area contributed by atoms with E-state index in [2.05, 4.69) is 15.4 Å². The molecule has 0 aliphatic carbocycles. The van der Waals surface area contributed by atoms with Crippen LogP contribution in [-0.4, -0.2) is 39.6 Å². The highest BCUT2D eigenvalue weighted by molar-refractivity contribution is 5.91. The molecule has 4 rings (SSSR count). The number of hydrogen-bond acceptors (Lipinski definition) is 7. The van der Waals surface area contributed by atoms with Crippen LogP contribution in [0.1, 0.15) is 42.7 Å². The van der Waals surface area contributed by atoms with Gasteiger partial charge in [0.25, 0.3) is 0 Å². The van der Waals surface area contributed by atoms with Crippen LogP contribution in [-0.2, 0) is 14.3 Å². The number of anilines is 1. The first-order chi connectivity index (χ1) is 15.0. The van der Waals surface area contributed by atoms with Crippen molar-refractivity contribution in [2.75, 3.05) is 18.5 Å². The summed E-state index contributed by atoms with van der Waals surface area (Å²) in [5, 5.41) is 6.16. The number of esters is 2. The van der Waals surface area contributed by atoms with E-state index in [4.69, 9.17) is 9.47 Å². The molecule has 2 N–H and O–H groups in total. The highest BCUT2D eigenvalue weighted by Gasteiger charge is 2.41. The van der Waals surface area contributed by atoms with E-state index in [0.29, 0.717) is 17.2 Å². The molecule has 10 nitrogen and oxygen atoms in total. The lowest BCUT2D eigenvalue weighted by atomic mass is 9.96. The third-order valence-electron chi connectivity index (χ3n) is 4.96. The normalized spacial score (nSPS) is 15.4. The Morgan fingerprint density at radius 3 is 2.48 bits per heavy atom. The van der Waals surface area contributed by atoms with Crippen LogP contribution in [0.2, 0.25) is 0 Å². The minimum Gasteiger partial charge on any atom is -0.462 e. The van der Waals surface area contributed by atoms with E-state index in [9.17, 15) is 14.4 Å². The zero-order valence-corrected chi connectivity index (χ0v) is 17.3. The van der Waals surface area contributed by atoms with Crippen LogP contribution in [0.15, 0.2) is 52.6 Å². The summed E-state index contributed by atoms with van der Waals surface area (Å²) in [6.07, 6.45) is 1.18. The molecule has 0 amide bonds. The minimum absolute atomic E-state index is 0.139. The standard InChI is InChI=1S/C21H21N5O5/c1-4-30-18(28)14-11-22-20-24-26-16(13-9-7-6-8-10-13)15(19(29)31-5-2)12(3)23-21(26)25(20)17(14)27/h6-11,16H,4-5H2,1-3H3,(H,22,24,27,28)/p+1. The molecule has 31 heavy (non-hydrogen) atoms. The number of allylic oxidation sites excluding steroid dienone is 1. The Kier molecular flexibility index (Phi) is 5.28. The Balaban J connectivity index is 1.96. The van der Waals surface area contributed by atoms with E-state index in [0.717, 1.165) is 5.56 Å². The average molecular weight is 424 g/mol. The molecule has 0 saturated carbocycles. The van der Waals surface area contributed by atoms with Gasteiger partial charge >= 0.3 is 29.2 Å². The number of carbonyl (C=O) groups is 2. The molecule has 1 aliphatic rings. The Morgan fingerprint density at radius 1 is 1.13 bits per heavy atom. The Hall–Kier alpha value is -3.95. The van der Waals surface area contributed by atoms with Crippen LogP contribution >= 0.6 is 0 Å². The SMILES string of the molecule is CCOC(=O)C1=C(C)Nc2n3c(=O)c(C(=O)OCC)cnc3[nH][n+]2C1c1ccccc1. The number of nitrogens with one attached hydrogen (secondary N) is 2. The number of ether oxygens (including phenoxy) is 2. The van der Waals surface area contributed by atoms with Crippen molar-refractivity contribution in [3.8, 4) is 0 Å². The quantitative estimate of drug-likeness (QED) is 0.469. The first kappa shape index (κ1) is 20.3. The zero-order chi connectivity index (χ0) is 22.1. The number of aromatic nitrogens is 4. The molecule has 3 heterocycles. The molecular weight excluding hydrogens is 402 g/mol. The molecule has 0 bridgehead atoms. The smallest absolute Gasteiger partial charge is 0.391 e. The van der Waals surface area contributed by atoms with E-state index < -0.39 is 23.5 Å². The number of nitrogens with zero attached hydrogens (tertiary/aromatic N) is 3. The van der Waals surface area contributed by atoms with Crippen LogP contribution in [0.3, 0.4) is 0 Å². The van der Waals surface area contributed by atoms with Gasteiger partial charge in [-0.1, -0.05) is 30.3 Å². The molecule has 0 spiro atoms. The maximum absolute atomic E-state index is 13.1. The second-order valence-electron chi connectivity index (χ2n) is 6.86. The van der Waals surface area contributed by atoms with E-state index in [1.165, 1.54) is 10.6 Å². The van der Waals surface area contributed by atoms with E-state index in [1.54, 1.807) is 25.5 Å². The van der Waals surface area contributed by atoms with Crippen LogP contribution in [0.5, 0.6) is 0 Å². The molecule has 160 valence electrons. The first-order valence-corrected chi connectivity index (χ1v) is 9.90. The van der Waals surface area contributed by atoms with Crippen molar-refractivity contribution >= 4 is 23.7 Å². The summed E-state index contributed by atoms with van der Waals surface area (Å²) in [7, 11) is 0. The first-order valence-electron chi connectivity index (χ1n) is 9.90. The van der Waals surface area contributed by atoms with Crippen molar-refractivity contribution in [3.63, 3.8) is 0 Å². The van der Waals surface area contributed by atoms with Crippen LogP contribution in [0.25, 0.3) is 5.78 Å². The second-order valence-corrected chi connectivity index (χ2v) is 6.86. The van der Waals surface area contributed by atoms with Crippen LogP contribution in [0, 0.1) is 0 Å². The largest absolute Gasteiger partial charge is 0.462 e. The lowest BCUT2D eigenvalue weighted by molar-refractivity contribution is -0.745. The van der Waals surface area contributed by atoms with Gasteiger partial charge in [-0.2, -0.15) is 0 Å². The van der Waals surface area contributed by atoms with Gasteiger partial charge in [0.05, 0.1) is 25.1 Å². The van der Waals surface area contributed by atoms with Gasteiger partial charge in [0.1, 0.15) is 5.57 Å². The topological polar surface area (TPSA) is 119 Å². The summed E-state index contributed by atoms with van der Waals surface area (Å²) >= 11 is 0. The number of fused-ring (bicyclic) bond motifs is 3. The number of aromatic amines is 1. The molecule has 0 fully saturated rings. The number of rotatable bonds is 5. The fourth-order valence-corrected chi connectivity index (χ4v) is 3.64. The molecule has 3 aromatic rings. The summed E-state index contributed by atoms with van der Waals surface area (Å²) in [6.45, 7) is 5.50. The van der Waals surface area contributed by atoms with Gasteiger partial charge in [-0.3, -0.25) is 0 Å². The minimum atomic E-state index is -0.746. The molecule has 1 aliphatic heterocycles. The van der Waals surface area contributed by atoms with E-state index >= 15 is 0 Å². The fourth-order valence-electron chi connectivity index (χ4n) is 3.64. The molecule has 1 unspecified atom stereocenters. The summed E-state index contributed by atoms with van der Waals surface area (Å²) < 4.78 is 13.1. The summed E-state index contributed by atoms with van der Waals surface area (Å²) in [4.78, 5) is 42.3. The van der Waals surface area contributed by atoms with Gasteiger partial charge in [0.15, 0.2) is 11.6 Å². The monoisotopic (exact) mass is 424 g/mol. The molecule has 1 aromatic carbocycles. The summed E-state index contributed by atoms with van der Waals surface area (Å²) in [6, 6.07) is 8.77. The van der Waals surface area contributed by atoms with Crippen molar-refractivity contribution in [3.05, 3.63) is 69.3 Å². The molecule has 10 heteroatoms. The van der Waals surface area contributed by atoms with E-state index in [1.807, 2.05) is 30.3 Å². The van der Waals surface area contributed by atoms with Crippen molar-refractivity contribution in [2.24, 2.45) is 0 Å². The third-order valence-corrected chi connectivity index (χ3v) is 4.96. The highest BCUT2D eigenvalue weighted by atomic mass is 16.5. The Morgan fingerprint density at radius 2 is 1.81 bits per heavy atom. The third kappa shape index (κ3) is 3.35. The molecule has 0 saturated heterocycles. The van der Waals surface area contributed by atoms with Crippen molar-refractivity contribution in [1.29, 1.82) is 0 Å². The fraction of sp³-hybridized carbons (Fsp3) is 0.286. The Bertz CT molecular complexity index is 1260. The maximum Gasteiger partial charge on any atom is 0.391 e. The molecular formula is C21H22N5O5+. The van der Waals surface area contributed by atoms with E-state index in [-0.39, 0.29) is 24.6 Å². The summed E-state index contributed by atoms with van der Waals surface area (Å²) in [5.74, 6) is -0.674. The van der Waals surface area contributed by atoms with Gasteiger partial charge in [-0.05, 0) is 26.3 Å². The molecule has 2 aromatic heterocycles. The van der Waals surface area contributed by atoms with Gasteiger partial charge in [0.2, 0.25) is 0 Å². The predicted octanol–water partition coefficient (Wildman–Crippen LogP) is 1.34. The zero-order valence-electron chi connectivity index (χ0n) is 17.3. The number of hydrogen-bond donors (Lipinski definition) is 2. The van der Waals surface area contributed by atoms with Gasteiger partial charge in [0, 0.05) is 0 Å².